The number of nitrogens with one attached hydrogen (secondary N) is 1. The molecule has 0 radical (unpaired) electrons. The van der Waals surface area contributed by atoms with Crippen LogP contribution >= 0.6 is 11.3 Å². The standard InChI is InChI=1S/C21H22N6S/c1-26-10-12-27(13-11-26)18-7-9-23-20(14-18)25-21-24-15-19(28-21)17-4-2-16(3-5-17)6-8-22/h2-5,7,9,14-15H,6,10-13H2,1H3,(H,23,24,25). The first kappa shape index (κ1) is 18.4. The lowest BCUT2D eigenvalue weighted by Crippen LogP contribution is -2.44. The smallest absolute Gasteiger partial charge is 0.188 e. The molecule has 0 saturated carbocycles. The molecule has 1 N–H and O–H groups in total. The van der Waals surface area contributed by atoms with E-state index in [1.807, 2.05) is 36.7 Å². The molecule has 3 aromatic rings. The maximum atomic E-state index is 8.79. The summed E-state index contributed by atoms with van der Waals surface area (Å²) in [7, 11) is 2.16. The average Bonchev–Trinajstić information content (AvgIpc) is 3.18. The third-order valence-corrected chi connectivity index (χ3v) is 5.84. The van der Waals surface area contributed by atoms with Gasteiger partial charge in [-0.15, -0.1) is 0 Å². The van der Waals surface area contributed by atoms with E-state index in [0.29, 0.717) is 6.42 Å². The number of likely N-dealkylation sites (N-methyl/N-ethyl adjacent to an activating group) is 1. The van der Waals surface area contributed by atoms with Crippen molar-refractivity contribution in [3.63, 3.8) is 0 Å². The Bertz CT molecular complexity index is 967. The Kier molecular flexibility index (Phi) is 5.51. The number of benzene rings is 1. The van der Waals surface area contributed by atoms with Crippen LogP contribution in [0.15, 0.2) is 48.8 Å². The van der Waals surface area contributed by atoms with Gasteiger partial charge in [0.15, 0.2) is 5.13 Å². The summed E-state index contributed by atoms with van der Waals surface area (Å²) in [5.74, 6) is 0.807. The third kappa shape index (κ3) is 4.30. The first-order valence-electron chi connectivity index (χ1n) is 9.30. The van der Waals surface area contributed by atoms with Crippen molar-refractivity contribution >= 4 is 28.0 Å². The summed E-state index contributed by atoms with van der Waals surface area (Å²) < 4.78 is 0. The van der Waals surface area contributed by atoms with E-state index in [1.165, 1.54) is 5.69 Å². The highest BCUT2D eigenvalue weighted by Gasteiger charge is 2.15. The zero-order chi connectivity index (χ0) is 19.3. The molecule has 2 aromatic heterocycles. The molecule has 142 valence electrons. The van der Waals surface area contributed by atoms with Crippen LogP contribution in [0.1, 0.15) is 5.56 Å². The summed E-state index contributed by atoms with van der Waals surface area (Å²) in [5, 5.41) is 12.9. The molecule has 0 bridgehead atoms. The Morgan fingerprint density at radius 3 is 2.64 bits per heavy atom. The summed E-state index contributed by atoms with van der Waals surface area (Å²) in [6.45, 7) is 4.22. The van der Waals surface area contributed by atoms with Gasteiger partial charge in [-0.3, -0.25) is 0 Å². The summed E-state index contributed by atoms with van der Waals surface area (Å²) in [4.78, 5) is 14.8. The Hall–Kier alpha value is -2.95. The van der Waals surface area contributed by atoms with Crippen LogP contribution in [-0.2, 0) is 6.42 Å². The first-order chi connectivity index (χ1) is 13.7. The van der Waals surface area contributed by atoms with Gasteiger partial charge in [0.1, 0.15) is 5.82 Å². The third-order valence-electron chi connectivity index (χ3n) is 4.87. The van der Waals surface area contributed by atoms with Gasteiger partial charge < -0.3 is 15.1 Å². The summed E-state index contributed by atoms with van der Waals surface area (Å²) in [6, 6.07) is 14.4. The number of piperazine rings is 1. The Labute approximate surface area is 169 Å². The van der Waals surface area contributed by atoms with Gasteiger partial charge in [0.05, 0.1) is 17.4 Å². The van der Waals surface area contributed by atoms with Crippen LogP contribution in [0, 0.1) is 11.3 Å². The number of hydrogen-bond donors (Lipinski definition) is 1. The molecule has 6 nitrogen and oxygen atoms in total. The molecule has 1 fully saturated rings. The minimum absolute atomic E-state index is 0.436. The maximum absolute atomic E-state index is 8.79. The average molecular weight is 391 g/mol. The molecule has 4 rings (SSSR count). The fourth-order valence-corrected chi connectivity index (χ4v) is 4.03. The highest BCUT2D eigenvalue weighted by molar-refractivity contribution is 7.18. The molecular weight excluding hydrogens is 368 g/mol. The zero-order valence-corrected chi connectivity index (χ0v) is 16.6. The largest absolute Gasteiger partial charge is 0.369 e. The van der Waals surface area contributed by atoms with Crippen molar-refractivity contribution in [3.05, 3.63) is 54.4 Å². The van der Waals surface area contributed by atoms with E-state index in [-0.39, 0.29) is 0 Å². The van der Waals surface area contributed by atoms with Gasteiger partial charge in [0, 0.05) is 50.3 Å². The van der Waals surface area contributed by atoms with Gasteiger partial charge in [0.25, 0.3) is 0 Å². The molecule has 7 heteroatoms. The SMILES string of the molecule is CN1CCN(c2ccnc(Nc3ncc(-c4ccc(CC#N)cc4)s3)c2)CC1. The van der Waals surface area contributed by atoms with Crippen molar-refractivity contribution < 1.29 is 0 Å². The maximum Gasteiger partial charge on any atom is 0.188 e. The Morgan fingerprint density at radius 1 is 1.11 bits per heavy atom. The van der Waals surface area contributed by atoms with Gasteiger partial charge in [-0.1, -0.05) is 35.6 Å². The Morgan fingerprint density at radius 2 is 1.89 bits per heavy atom. The molecule has 1 aliphatic rings. The molecule has 1 saturated heterocycles. The van der Waals surface area contributed by atoms with Crippen molar-refractivity contribution in [2.45, 2.75) is 6.42 Å². The molecule has 3 heterocycles. The van der Waals surface area contributed by atoms with E-state index < -0.39 is 0 Å². The van der Waals surface area contributed by atoms with Crippen LogP contribution in [0.4, 0.5) is 16.6 Å². The molecule has 1 aromatic carbocycles. The van der Waals surface area contributed by atoms with E-state index in [9.17, 15) is 0 Å². The van der Waals surface area contributed by atoms with Crippen LogP contribution in [0.25, 0.3) is 10.4 Å². The fourth-order valence-electron chi connectivity index (χ4n) is 3.20. The van der Waals surface area contributed by atoms with Crippen LogP contribution in [0.5, 0.6) is 0 Å². The van der Waals surface area contributed by atoms with Gasteiger partial charge in [-0.2, -0.15) is 5.26 Å². The highest BCUT2D eigenvalue weighted by Crippen LogP contribution is 2.31. The van der Waals surface area contributed by atoms with Crippen molar-refractivity contribution in [2.75, 3.05) is 43.4 Å². The fraction of sp³-hybridized carbons (Fsp3) is 0.286. The van der Waals surface area contributed by atoms with Gasteiger partial charge in [-0.25, -0.2) is 9.97 Å². The molecule has 0 aliphatic carbocycles. The molecular formula is C21H22N6S. The quantitative estimate of drug-likeness (QED) is 0.715. The second kappa shape index (κ2) is 8.38. The van der Waals surface area contributed by atoms with Crippen molar-refractivity contribution in [1.29, 1.82) is 5.26 Å². The molecule has 0 unspecified atom stereocenters. The number of rotatable bonds is 5. The molecule has 0 spiro atoms. The molecule has 28 heavy (non-hydrogen) atoms. The van der Waals surface area contributed by atoms with E-state index >= 15 is 0 Å². The van der Waals surface area contributed by atoms with Crippen molar-refractivity contribution in [3.8, 4) is 16.5 Å². The second-order valence-electron chi connectivity index (χ2n) is 6.88. The van der Waals surface area contributed by atoms with E-state index in [1.54, 1.807) is 11.3 Å². The lowest BCUT2D eigenvalue weighted by Gasteiger charge is -2.34. The van der Waals surface area contributed by atoms with Crippen molar-refractivity contribution in [2.24, 2.45) is 0 Å². The number of nitriles is 1. The van der Waals surface area contributed by atoms with Gasteiger partial charge in [-0.05, 0) is 24.2 Å². The zero-order valence-electron chi connectivity index (χ0n) is 15.8. The van der Waals surface area contributed by atoms with E-state index in [2.05, 4.69) is 50.3 Å². The van der Waals surface area contributed by atoms with E-state index in [4.69, 9.17) is 5.26 Å². The first-order valence-corrected chi connectivity index (χ1v) is 10.1. The monoisotopic (exact) mass is 390 g/mol. The number of thiazole rings is 1. The minimum atomic E-state index is 0.436. The van der Waals surface area contributed by atoms with E-state index in [0.717, 1.165) is 53.1 Å². The Balaban J connectivity index is 1.45. The van der Waals surface area contributed by atoms with Gasteiger partial charge in [0.2, 0.25) is 0 Å². The van der Waals surface area contributed by atoms with Crippen LogP contribution < -0.4 is 10.2 Å². The normalized spacial score (nSPS) is 14.6. The summed E-state index contributed by atoms with van der Waals surface area (Å²) >= 11 is 1.59. The van der Waals surface area contributed by atoms with Gasteiger partial charge >= 0.3 is 0 Å². The lowest BCUT2D eigenvalue weighted by atomic mass is 10.1. The lowest BCUT2D eigenvalue weighted by molar-refractivity contribution is 0.313. The van der Waals surface area contributed by atoms with Crippen LogP contribution in [-0.4, -0.2) is 48.1 Å². The topological polar surface area (TPSA) is 68.1 Å². The summed E-state index contributed by atoms with van der Waals surface area (Å²) in [5.41, 5.74) is 3.32. The number of pyridine rings is 1. The molecule has 0 amide bonds. The number of anilines is 3. The van der Waals surface area contributed by atoms with Crippen molar-refractivity contribution in [1.82, 2.24) is 14.9 Å². The summed E-state index contributed by atoms with van der Waals surface area (Å²) in [6.07, 6.45) is 4.15. The van der Waals surface area contributed by atoms with Crippen LogP contribution in [0.3, 0.4) is 0 Å². The number of aromatic nitrogens is 2. The predicted molar refractivity (Wildman–Crippen MR) is 114 cm³/mol. The molecule has 1 aliphatic heterocycles. The second-order valence-corrected chi connectivity index (χ2v) is 7.91. The van der Waals surface area contributed by atoms with Crippen LogP contribution in [0.2, 0.25) is 0 Å². The minimum Gasteiger partial charge on any atom is -0.369 e. The highest BCUT2D eigenvalue weighted by atomic mass is 32.1. The number of nitrogens with zero attached hydrogens (tertiary/aromatic N) is 5. The predicted octanol–water partition coefficient (Wildman–Crippen LogP) is 3.77. The number of hydrogen-bond acceptors (Lipinski definition) is 7. The molecule has 0 atom stereocenters.